The first-order chi connectivity index (χ1) is 15.9. The molecule has 1 rings (SSSR count). The van der Waals surface area contributed by atoms with Crippen LogP contribution in [0.25, 0.3) is 0 Å². The lowest BCUT2D eigenvalue weighted by molar-refractivity contribution is -0.327. The van der Waals surface area contributed by atoms with Crippen molar-refractivity contribution in [3.05, 3.63) is 35.9 Å². The number of thiol groups is 1. The smallest absolute Gasteiger partial charge is 0.326 e. The number of nitrogens with two attached hydrogens (primary N) is 1. The van der Waals surface area contributed by atoms with E-state index in [-0.39, 0.29) is 30.2 Å². The van der Waals surface area contributed by atoms with Crippen LogP contribution in [0.5, 0.6) is 0 Å². The van der Waals surface area contributed by atoms with Gasteiger partial charge in [0.15, 0.2) is 6.04 Å². The van der Waals surface area contributed by atoms with Crippen molar-refractivity contribution in [1.29, 1.82) is 0 Å². The van der Waals surface area contributed by atoms with Gasteiger partial charge in [0.1, 0.15) is 18.6 Å². The van der Waals surface area contributed by atoms with Crippen LogP contribution in [0, 0.1) is 0 Å². The maximum Gasteiger partial charge on any atom is 0.326 e. The molecule has 0 unspecified atom stereocenters. The molecule has 34 heavy (non-hydrogen) atoms. The minimum absolute atomic E-state index is 0.0256. The van der Waals surface area contributed by atoms with E-state index < -0.39 is 54.4 Å². The highest BCUT2D eigenvalue weighted by Crippen LogP contribution is 2.06. The Morgan fingerprint density at radius 1 is 1.00 bits per heavy atom. The molecule has 0 saturated heterocycles. The number of carboxylic acids is 3. The van der Waals surface area contributed by atoms with Gasteiger partial charge < -0.3 is 31.7 Å². The minimum Gasteiger partial charge on any atom is -0.480 e. The van der Waals surface area contributed by atoms with Gasteiger partial charge >= 0.3 is 17.9 Å². The third-order valence-electron chi connectivity index (χ3n) is 4.08. The number of carboxylic acid groups (broad SMARTS) is 3. The van der Waals surface area contributed by atoms with Crippen LogP contribution in [0.15, 0.2) is 30.3 Å². The van der Waals surface area contributed by atoms with E-state index in [0.29, 0.717) is 0 Å². The van der Waals surface area contributed by atoms with Gasteiger partial charge in [0.25, 0.3) is 0 Å². The van der Waals surface area contributed by atoms with Crippen LogP contribution in [0.2, 0.25) is 0 Å². The zero-order valence-corrected chi connectivity index (χ0v) is 18.8. The molecule has 0 aliphatic rings. The van der Waals surface area contributed by atoms with Gasteiger partial charge in [-0.15, -0.1) is 0 Å². The van der Waals surface area contributed by atoms with Gasteiger partial charge in [-0.1, -0.05) is 35.6 Å². The number of hydroxylamine groups is 2. The molecule has 0 aliphatic carbocycles. The van der Waals surface area contributed by atoms with Crippen LogP contribution in [0.1, 0.15) is 18.4 Å². The van der Waals surface area contributed by atoms with Gasteiger partial charge in [-0.2, -0.15) is 12.6 Å². The summed E-state index contributed by atoms with van der Waals surface area (Å²) in [6.45, 7) is -0.567. The first kappa shape index (κ1) is 30.8. The van der Waals surface area contributed by atoms with E-state index in [4.69, 9.17) is 31.5 Å². The predicted molar refractivity (Wildman–Crippen MR) is 118 cm³/mol. The third kappa shape index (κ3) is 13.3. The summed E-state index contributed by atoms with van der Waals surface area (Å²) in [5, 5.41) is 47.0. The standard InChI is InChI=1S/C10H17N3O6S.C9H11NO4/c11-5(10(18)19)1-2-7(14)13-6(4-20)9(17)12-3-8(15)16;11-9(12)8(10(13)14)6-7-4-2-1-3-5-7/h5-6,20H,1-4,11H2,(H,12,17)(H,13,14)(H,15,16)(H,18,19);1-5,8,13-14H,6H2,(H,11,12)/t5-,6-;8-/m00/s1. The monoisotopic (exact) mass is 504 g/mol. The average molecular weight is 505 g/mol. The molecule has 0 bridgehead atoms. The topological polar surface area (TPSA) is 240 Å². The van der Waals surface area contributed by atoms with Crippen LogP contribution in [0.4, 0.5) is 0 Å². The second-order valence-corrected chi connectivity index (χ2v) is 7.13. The highest BCUT2D eigenvalue weighted by atomic mass is 32.1. The molecule has 0 heterocycles. The molecule has 190 valence electrons. The van der Waals surface area contributed by atoms with Gasteiger partial charge in [-0.25, -0.2) is 0 Å². The van der Waals surface area contributed by atoms with Crippen LogP contribution in [-0.2, 0) is 30.4 Å². The Balaban J connectivity index is 0.000000679. The van der Waals surface area contributed by atoms with Crippen molar-refractivity contribution >= 4 is 42.4 Å². The van der Waals surface area contributed by atoms with E-state index >= 15 is 0 Å². The predicted octanol–water partition coefficient (Wildman–Crippen LogP) is -1.44. The van der Waals surface area contributed by atoms with Crippen molar-refractivity contribution in [3.63, 3.8) is 0 Å². The Hall–Kier alpha value is -3.24. The molecule has 0 saturated carbocycles. The Bertz CT molecular complexity index is 825. The lowest BCUT2D eigenvalue weighted by Gasteiger charge is -2.16. The molecule has 1 aromatic rings. The number of benzene rings is 1. The van der Waals surface area contributed by atoms with E-state index in [1.54, 1.807) is 30.3 Å². The van der Waals surface area contributed by atoms with E-state index in [0.717, 1.165) is 5.56 Å². The van der Waals surface area contributed by atoms with Crippen molar-refractivity contribution in [2.45, 2.75) is 37.4 Å². The van der Waals surface area contributed by atoms with Gasteiger partial charge in [-0.05, 0) is 12.0 Å². The highest BCUT2D eigenvalue weighted by molar-refractivity contribution is 7.80. The zero-order valence-electron chi connectivity index (χ0n) is 17.9. The zero-order chi connectivity index (χ0) is 26.3. The molecular formula is C19H28N4O10S. The Labute approximate surface area is 199 Å². The molecule has 2 amide bonds. The van der Waals surface area contributed by atoms with Gasteiger partial charge in [0, 0.05) is 18.6 Å². The summed E-state index contributed by atoms with van der Waals surface area (Å²) >= 11 is 3.87. The van der Waals surface area contributed by atoms with E-state index in [1.165, 1.54) is 0 Å². The Morgan fingerprint density at radius 3 is 2.03 bits per heavy atom. The summed E-state index contributed by atoms with van der Waals surface area (Å²) < 4.78 is 0. The molecule has 0 fully saturated rings. The van der Waals surface area contributed by atoms with Crippen molar-refractivity contribution < 1.29 is 49.7 Å². The largest absolute Gasteiger partial charge is 0.480 e. The van der Waals surface area contributed by atoms with Crippen LogP contribution in [-0.4, -0.2) is 91.1 Å². The third-order valence-corrected chi connectivity index (χ3v) is 4.45. The summed E-state index contributed by atoms with van der Waals surface area (Å²) in [6.07, 6.45) is -0.190. The Kier molecular flexibility index (Phi) is 14.8. The number of hydrogen-bond acceptors (Lipinski definition) is 10. The number of rotatable bonds is 13. The van der Waals surface area contributed by atoms with Gasteiger partial charge in [0.05, 0.1) is 0 Å². The lowest BCUT2D eigenvalue weighted by Crippen LogP contribution is -2.49. The molecule has 15 heteroatoms. The highest BCUT2D eigenvalue weighted by Gasteiger charge is 2.23. The van der Waals surface area contributed by atoms with Crippen molar-refractivity contribution in [1.82, 2.24) is 15.9 Å². The number of hydrogen-bond donors (Lipinski definition) is 9. The van der Waals surface area contributed by atoms with E-state index in [2.05, 4.69) is 23.3 Å². The van der Waals surface area contributed by atoms with Gasteiger partial charge in [-0.3, -0.25) is 34.4 Å². The fraction of sp³-hybridized carbons (Fsp3) is 0.421. The molecule has 14 nitrogen and oxygen atoms in total. The van der Waals surface area contributed by atoms with Crippen LogP contribution >= 0.6 is 12.6 Å². The fourth-order valence-corrected chi connectivity index (χ4v) is 2.52. The number of nitrogens with zero attached hydrogens (tertiary/aromatic N) is 1. The molecule has 3 atom stereocenters. The number of amides is 2. The van der Waals surface area contributed by atoms with Crippen LogP contribution in [0.3, 0.4) is 0 Å². The molecular weight excluding hydrogens is 476 g/mol. The minimum atomic E-state index is -1.34. The van der Waals surface area contributed by atoms with Crippen molar-refractivity contribution in [3.8, 4) is 0 Å². The number of carbonyl (C=O) groups excluding carboxylic acids is 2. The molecule has 1 aromatic carbocycles. The van der Waals surface area contributed by atoms with Crippen LogP contribution < -0.4 is 16.4 Å². The normalized spacial score (nSPS) is 13.0. The quantitative estimate of drug-likeness (QED) is 0.111. The van der Waals surface area contributed by atoms with Gasteiger partial charge in [0.2, 0.25) is 11.8 Å². The van der Waals surface area contributed by atoms with Crippen molar-refractivity contribution in [2.75, 3.05) is 12.3 Å². The second kappa shape index (κ2) is 16.4. The second-order valence-electron chi connectivity index (χ2n) is 6.76. The first-order valence-corrected chi connectivity index (χ1v) is 10.3. The number of carbonyl (C=O) groups is 5. The number of aliphatic carboxylic acids is 3. The summed E-state index contributed by atoms with van der Waals surface area (Å²) in [5.74, 6) is -4.98. The van der Waals surface area contributed by atoms with E-state index in [1.807, 2.05) is 0 Å². The first-order valence-electron chi connectivity index (χ1n) is 9.70. The Morgan fingerprint density at radius 2 is 1.59 bits per heavy atom. The summed E-state index contributed by atoms with van der Waals surface area (Å²) in [5.41, 5.74) is 5.96. The summed E-state index contributed by atoms with van der Waals surface area (Å²) in [4.78, 5) is 54.3. The molecule has 9 N–H and O–H groups in total. The van der Waals surface area contributed by atoms with E-state index in [9.17, 15) is 24.0 Å². The maximum absolute atomic E-state index is 11.5. The maximum atomic E-state index is 11.5. The molecule has 0 radical (unpaired) electrons. The van der Waals surface area contributed by atoms with Crippen molar-refractivity contribution in [2.24, 2.45) is 5.73 Å². The molecule has 0 spiro atoms. The summed E-state index contributed by atoms with van der Waals surface area (Å²) in [7, 11) is 0. The molecule has 0 aromatic heterocycles. The average Bonchev–Trinajstić information content (AvgIpc) is 2.78. The summed E-state index contributed by atoms with van der Waals surface area (Å²) in [6, 6.07) is 5.27. The fourth-order valence-electron chi connectivity index (χ4n) is 2.26. The number of nitrogens with one attached hydrogen (secondary N) is 2. The SMILES string of the molecule is N[C@@H](CCC(=O)N[C@@H](CS)C(=O)NCC(=O)O)C(=O)O.O=C(O)[C@H](Cc1ccccc1)N(O)O. The lowest BCUT2D eigenvalue weighted by atomic mass is 10.1. The molecule has 0 aliphatic heterocycles.